The SMILES string of the molecule is CCCC(=O)NCC(=O)c1ccc2c(c1)OOC2. The number of nitrogens with one attached hydrogen (secondary N) is 1. The fraction of sp³-hybridized carbons (Fsp3) is 0.385. The Labute approximate surface area is 105 Å². The maximum atomic E-state index is 11.8. The minimum Gasteiger partial charge on any atom is -0.349 e. The van der Waals surface area contributed by atoms with E-state index in [0.717, 1.165) is 12.0 Å². The second-order valence-corrected chi connectivity index (χ2v) is 4.12. The topological polar surface area (TPSA) is 64.6 Å². The molecule has 1 aromatic rings. The Balaban J connectivity index is 1.95. The van der Waals surface area contributed by atoms with Crippen molar-refractivity contribution >= 4 is 11.7 Å². The third kappa shape index (κ3) is 2.87. The Kier molecular flexibility index (Phi) is 3.94. The summed E-state index contributed by atoms with van der Waals surface area (Å²) in [6.45, 7) is 2.33. The summed E-state index contributed by atoms with van der Waals surface area (Å²) in [5.41, 5.74) is 1.43. The van der Waals surface area contributed by atoms with E-state index in [2.05, 4.69) is 5.32 Å². The minimum absolute atomic E-state index is 0.0124. The van der Waals surface area contributed by atoms with E-state index in [1.54, 1.807) is 18.2 Å². The van der Waals surface area contributed by atoms with E-state index in [-0.39, 0.29) is 18.2 Å². The second-order valence-electron chi connectivity index (χ2n) is 4.12. The zero-order valence-electron chi connectivity index (χ0n) is 10.2. The van der Waals surface area contributed by atoms with E-state index in [9.17, 15) is 9.59 Å². The molecule has 1 N–H and O–H groups in total. The zero-order chi connectivity index (χ0) is 13.0. The number of carbonyl (C=O) groups is 2. The van der Waals surface area contributed by atoms with Crippen LogP contribution in [0, 0.1) is 0 Å². The van der Waals surface area contributed by atoms with Gasteiger partial charge in [-0.3, -0.25) is 9.59 Å². The monoisotopic (exact) mass is 249 g/mol. The summed E-state index contributed by atoms with van der Waals surface area (Å²) in [7, 11) is 0. The van der Waals surface area contributed by atoms with Crippen LogP contribution in [0.4, 0.5) is 0 Å². The lowest BCUT2D eigenvalue weighted by atomic mass is 10.1. The second kappa shape index (κ2) is 5.64. The summed E-state index contributed by atoms with van der Waals surface area (Å²) in [6, 6.07) is 5.14. The highest BCUT2D eigenvalue weighted by Crippen LogP contribution is 2.26. The highest BCUT2D eigenvalue weighted by Gasteiger charge is 2.16. The van der Waals surface area contributed by atoms with Gasteiger partial charge in [0.25, 0.3) is 0 Å². The van der Waals surface area contributed by atoms with E-state index < -0.39 is 0 Å². The highest BCUT2D eigenvalue weighted by molar-refractivity contribution is 5.99. The van der Waals surface area contributed by atoms with Crippen LogP contribution < -0.4 is 10.2 Å². The molecule has 0 fully saturated rings. The maximum Gasteiger partial charge on any atom is 0.220 e. The van der Waals surface area contributed by atoms with Crippen molar-refractivity contribution in [2.75, 3.05) is 6.54 Å². The highest BCUT2D eigenvalue weighted by atomic mass is 17.2. The number of amides is 1. The fourth-order valence-corrected chi connectivity index (χ4v) is 1.68. The van der Waals surface area contributed by atoms with Gasteiger partial charge in [0.05, 0.1) is 6.54 Å². The van der Waals surface area contributed by atoms with Crippen molar-refractivity contribution in [1.82, 2.24) is 5.32 Å². The molecule has 0 aromatic heterocycles. The number of hydrogen-bond acceptors (Lipinski definition) is 4. The number of rotatable bonds is 5. The first-order valence-electron chi connectivity index (χ1n) is 5.93. The Hall–Kier alpha value is -1.88. The summed E-state index contributed by atoms with van der Waals surface area (Å²) in [4.78, 5) is 32.8. The Bertz CT molecular complexity index is 470. The first-order chi connectivity index (χ1) is 8.70. The van der Waals surface area contributed by atoms with Crippen molar-refractivity contribution in [3.63, 3.8) is 0 Å². The quantitative estimate of drug-likeness (QED) is 0.636. The normalized spacial score (nSPS) is 12.7. The van der Waals surface area contributed by atoms with Crippen LogP contribution in [0.3, 0.4) is 0 Å². The smallest absolute Gasteiger partial charge is 0.220 e. The lowest BCUT2D eigenvalue weighted by Crippen LogP contribution is -2.29. The Morgan fingerprint density at radius 1 is 1.39 bits per heavy atom. The predicted molar refractivity (Wildman–Crippen MR) is 64.1 cm³/mol. The number of carbonyl (C=O) groups excluding carboxylic acids is 2. The zero-order valence-corrected chi connectivity index (χ0v) is 10.2. The third-order valence-electron chi connectivity index (χ3n) is 2.68. The molecule has 18 heavy (non-hydrogen) atoms. The van der Waals surface area contributed by atoms with Gasteiger partial charge < -0.3 is 10.2 Å². The predicted octanol–water partition coefficient (Wildman–Crippen LogP) is 1.61. The Morgan fingerprint density at radius 3 is 3.00 bits per heavy atom. The summed E-state index contributed by atoms with van der Waals surface area (Å²) in [6.07, 6.45) is 1.21. The van der Waals surface area contributed by atoms with Crippen LogP contribution in [-0.2, 0) is 16.3 Å². The summed E-state index contributed by atoms with van der Waals surface area (Å²) >= 11 is 0. The van der Waals surface area contributed by atoms with Crippen LogP contribution in [0.5, 0.6) is 5.75 Å². The van der Waals surface area contributed by atoms with Crippen molar-refractivity contribution < 1.29 is 19.4 Å². The van der Waals surface area contributed by atoms with Crippen LogP contribution in [0.1, 0.15) is 35.7 Å². The van der Waals surface area contributed by atoms with Gasteiger partial charge in [0, 0.05) is 17.5 Å². The van der Waals surface area contributed by atoms with E-state index >= 15 is 0 Å². The molecule has 2 rings (SSSR count). The van der Waals surface area contributed by atoms with Gasteiger partial charge in [-0.15, -0.1) is 0 Å². The number of ketones is 1. The first kappa shape index (κ1) is 12.6. The Morgan fingerprint density at radius 2 is 2.22 bits per heavy atom. The molecule has 1 aliphatic heterocycles. The molecule has 0 aliphatic carbocycles. The molecular weight excluding hydrogens is 234 g/mol. The van der Waals surface area contributed by atoms with Crippen LogP contribution in [0.25, 0.3) is 0 Å². The average Bonchev–Trinajstić information content (AvgIpc) is 2.83. The molecule has 0 atom stereocenters. The average molecular weight is 249 g/mol. The molecule has 5 heteroatoms. The van der Waals surface area contributed by atoms with Gasteiger partial charge in [-0.05, 0) is 12.5 Å². The van der Waals surface area contributed by atoms with Crippen LogP contribution >= 0.6 is 0 Å². The number of hydrogen-bond donors (Lipinski definition) is 1. The van der Waals surface area contributed by atoms with Gasteiger partial charge in [0.2, 0.25) is 5.91 Å². The van der Waals surface area contributed by atoms with Gasteiger partial charge in [0.15, 0.2) is 11.5 Å². The lowest BCUT2D eigenvalue weighted by molar-refractivity contribution is -0.194. The van der Waals surface area contributed by atoms with Crippen molar-refractivity contribution in [3.8, 4) is 5.75 Å². The molecule has 1 aliphatic rings. The van der Waals surface area contributed by atoms with E-state index in [0.29, 0.717) is 24.3 Å². The van der Waals surface area contributed by atoms with Gasteiger partial charge in [-0.2, -0.15) is 4.89 Å². The van der Waals surface area contributed by atoms with Crippen molar-refractivity contribution in [1.29, 1.82) is 0 Å². The summed E-state index contributed by atoms with van der Waals surface area (Å²) < 4.78 is 0. The van der Waals surface area contributed by atoms with Gasteiger partial charge in [-0.1, -0.05) is 19.1 Å². The third-order valence-corrected chi connectivity index (χ3v) is 2.68. The molecule has 0 saturated heterocycles. The van der Waals surface area contributed by atoms with Crippen LogP contribution in [-0.4, -0.2) is 18.2 Å². The molecule has 1 amide bonds. The van der Waals surface area contributed by atoms with Crippen molar-refractivity contribution in [2.24, 2.45) is 0 Å². The van der Waals surface area contributed by atoms with Gasteiger partial charge in [0.1, 0.15) is 6.61 Å². The summed E-state index contributed by atoms with van der Waals surface area (Å²) in [5, 5.41) is 2.59. The van der Waals surface area contributed by atoms with Gasteiger partial charge in [-0.25, -0.2) is 0 Å². The first-order valence-corrected chi connectivity index (χ1v) is 5.93. The van der Waals surface area contributed by atoms with Crippen LogP contribution in [0.15, 0.2) is 18.2 Å². The number of benzene rings is 1. The minimum atomic E-state index is -0.141. The fourth-order valence-electron chi connectivity index (χ4n) is 1.68. The lowest BCUT2D eigenvalue weighted by Gasteiger charge is -2.04. The van der Waals surface area contributed by atoms with Crippen LogP contribution in [0.2, 0.25) is 0 Å². The number of fused-ring (bicyclic) bond motifs is 1. The molecule has 0 unspecified atom stereocenters. The maximum absolute atomic E-state index is 11.8. The molecule has 5 nitrogen and oxygen atoms in total. The van der Waals surface area contributed by atoms with Gasteiger partial charge >= 0.3 is 0 Å². The van der Waals surface area contributed by atoms with E-state index in [1.807, 2.05) is 6.92 Å². The summed E-state index contributed by atoms with van der Waals surface area (Å²) in [5.74, 6) is 0.324. The van der Waals surface area contributed by atoms with Crippen molar-refractivity contribution in [2.45, 2.75) is 26.4 Å². The standard InChI is InChI=1S/C13H15NO4/c1-2-3-13(16)14-7-11(15)9-4-5-10-8-17-18-12(10)6-9/h4-6H,2-3,7-8H2,1H3,(H,14,16). The van der Waals surface area contributed by atoms with E-state index in [1.165, 1.54) is 0 Å². The molecule has 1 heterocycles. The largest absolute Gasteiger partial charge is 0.349 e. The molecule has 0 spiro atoms. The van der Waals surface area contributed by atoms with E-state index in [4.69, 9.17) is 9.78 Å². The molecule has 0 radical (unpaired) electrons. The molecule has 1 aromatic carbocycles. The molecule has 0 saturated carbocycles. The molecule has 0 bridgehead atoms. The molecule has 96 valence electrons. The number of Topliss-reactive ketones (excluding diaryl/α,β-unsaturated/α-hetero) is 1. The molecular formula is C13H15NO4. The van der Waals surface area contributed by atoms with Crippen molar-refractivity contribution in [3.05, 3.63) is 29.3 Å².